The standard InChI is InChI=1S/C19H19N5O2/c1-12-4-3-5-15(13(12)2)22-18-10-21-24-19(23-18)20-9-14-6-7-16-17(8-14)26-11-25-16/h3-8,10H,9,11H2,1-2H3,(H2,20,22,23,24). The van der Waals surface area contributed by atoms with Gasteiger partial charge < -0.3 is 20.1 Å². The third-order valence-corrected chi connectivity index (χ3v) is 4.31. The Labute approximate surface area is 151 Å². The molecule has 0 spiro atoms. The maximum absolute atomic E-state index is 5.39. The fraction of sp³-hybridized carbons (Fsp3) is 0.211. The lowest BCUT2D eigenvalue weighted by molar-refractivity contribution is 0.174. The number of hydrogen-bond donors (Lipinski definition) is 2. The fourth-order valence-corrected chi connectivity index (χ4v) is 2.70. The summed E-state index contributed by atoms with van der Waals surface area (Å²) in [7, 11) is 0. The normalized spacial score (nSPS) is 12.1. The fourth-order valence-electron chi connectivity index (χ4n) is 2.70. The van der Waals surface area contributed by atoms with Crippen LogP contribution < -0.4 is 20.1 Å². The van der Waals surface area contributed by atoms with Crippen molar-refractivity contribution < 1.29 is 9.47 Å². The number of hydrogen-bond acceptors (Lipinski definition) is 7. The number of fused-ring (bicyclic) bond motifs is 1. The average molecular weight is 349 g/mol. The molecule has 2 aromatic carbocycles. The number of anilines is 3. The van der Waals surface area contributed by atoms with Crippen molar-refractivity contribution in [2.24, 2.45) is 0 Å². The number of rotatable bonds is 5. The number of nitrogens with zero attached hydrogens (tertiary/aromatic N) is 3. The van der Waals surface area contributed by atoms with Crippen molar-refractivity contribution in [2.45, 2.75) is 20.4 Å². The van der Waals surface area contributed by atoms with Gasteiger partial charge in [-0.25, -0.2) is 0 Å². The van der Waals surface area contributed by atoms with Gasteiger partial charge in [-0.3, -0.25) is 0 Å². The zero-order valence-electron chi connectivity index (χ0n) is 14.6. The summed E-state index contributed by atoms with van der Waals surface area (Å²) in [6.07, 6.45) is 1.60. The molecule has 0 atom stereocenters. The van der Waals surface area contributed by atoms with Crippen molar-refractivity contribution in [1.29, 1.82) is 0 Å². The highest BCUT2D eigenvalue weighted by Gasteiger charge is 2.13. The van der Waals surface area contributed by atoms with Crippen molar-refractivity contribution in [3.63, 3.8) is 0 Å². The molecule has 26 heavy (non-hydrogen) atoms. The molecule has 0 amide bonds. The van der Waals surface area contributed by atoms with Crippen molar-refractivity contribution in [3.8, 4) is 11.5 Å². The molecule has 0 bridgehead atoms. The largest absolute Gasteiger partial charge is 0.454 e. The second-order valence-electron chi connectivity index (χ2n) is 6.08. The molecule has 132 valence electrons. The molecule has 0 saturated carbocycles. The molecule has 0 fully saturated rings. The third kappa shape index (κ3) is 3.37. The van der Waals surface area contributed by atoms with E-state index in [-0.39, 0.29) is 6.79 Å². The molecule has 0 aliphatic carbocycles. The molecule has 1 aliphatic rings. The number of aryl methyl sites for hydroxylation is 1. The van der Waals surface area contributed by atoms with Gasteiger partial charge in [-0.15, -0.1) is 5.10 Å². The lowest BCUT2D eigenvalue weighted by Gasteiger charge is -2.11. The Morgan fingerprint density at radius 3 is 2.88 bits per heavy atom. The predicted molar refractivity (Wildman–Crippen MR) is 98.9 cm³/mol. The SMILES string of the molecule is Cc1cccc(Nc2cnnc(NCc3ccc4c(c3)OCO4)n2)c1C. The Morgan fingerprint density at radius 1 is 1.08 bits per heavy atom. The van der Waals surface area contributed by atoms with Crippen LogP contribution in [0, 0.1) is 13.8 Å². The van der Waals surface area contributed by atoms with Crippen molar-refractivity contribution in [3.05, 3.63) is 59.3 Å². The maximum atomic E-state index is 5.39. The van der Waals surface area contributed by atoms with E-state index in [1.165, 1.54) is 11.1 Å². The summed E-state index contributed by atoms with van der Waals surface area (Å²) in [4.78, 5) is 4.47. The highest BCUT2D eigenvalue weighted by molar-refractivity contribution is 5.61. The van der Waals surface area contributed by atoms with E-state index in [0.29, 0.717) is 18.3 Å². The predicted octanol–water partition coefficient (Wildman–Crippen LogP) is 3.57. The molecule has 1 aromatic heterocycles. The van der Waals surface area contributed by atoms with Crippen LogP contribution in [0.15, 0.2) is 42.6 Å². The van der Waals surface area contributed by atoms with Gasteiger partial charge in [0.05, 0.1) is 6.20 Å². The van der Waals surface area contributed by atoms with Crippen LogP contribution in [0.2, 0.25) is 0 Å². The lowest BCUT2D eigenvalue weighted by atomic mass is 10.1. The van der Waals surface area contributed by atoms with Crippen LogP contribution in [-0.4, -0.2) is 22.0 Å². The molecule has 4 rings (SSSR count). The van der Waals surface area contributed by atoms with Gasteiger partial charge in [-0.1, -0.05) is 18.2 Å². The summed E-state index contributed by atoms with van der Waals surface area (Å²) < 4.78 is 10.7. The number of nitrogens with one attached hydrogen (secondary N) is 2. The van der Waals surface area contributed by atoms with Crippen LogP contribution in [0.5, 0.6) is 11.5 Å². The minimum atomic E-state index is 0.269. The topological polar surface area (TPSA) is 81.2 Å². The minimum absolute atomic E-state index is 0.269. The summed E-state index contributed by atoms with van der Waals surface area (Å²) in [5.74, 6) is 2.62. The highest BCUT2D eigenvalue weighted by atomic mass is 16.7. The summed E-state index contributed by atoms with van der Waals surface area (Å²) >= 11 is 0. The Hall–Kier alpha value is -3.35. The molecule has 0 unspecified atom stereocenters. The Kier molecular flexibility index (Phi) is 4.27. The molecular weight excluding hydrogens is 330 g/mol. The molecule has 7 nitrogen and oxygen atoms in total. The van der Waals surface area contributed by atoms with Crippen LogP contribution in [0.1, 0.15) is 16.7 Å². The molecular formula is C19H19N5O2. The van der Waals surface area contributed by atoms with Gasteiger partial charge >= 0.3 is 0 Å². The van der Waals surface area contributed by atoms with E-state index in [1.807, 2.05) is 30.3 Å². The van der Waals surface area contributed by atoms with E-state index >= 15 is 0 Å². The van der Waals surface area contributed by atoms with Crippen molar-refractivity contribution in [1.82, 2.24) is 15.2 Å². The Morgan fingerprint density at radius 2 is 1.96 bits per heavy atom. The molecule has 1 aliphatic heterocycles. The minimum Gasteiger partial charge on any atom is -0.454 e. The lowest BCUT2D eigenvalue weighted by Crippen LogP contribution is -2.06. The Bertz CT molecular complexity index is 945. The maximum Gasteiger partial charge on any atom is 0.244 e. The summed E-state index contributed by atoms with van der Waals surface area (Å²) in [6.45, 7) is 4.98. The first-order chi connectivity index (χ1) is 12.7. The van der Waals surface area contributed by atoms with Gasteiger partial charge in [-0.2, -0.15) is 10.1 Å². The second-order valence-corrected chi connectivity index (χ2v) is 6.08. The first-order valence-corrected chi connectivity index (χ1v) is 8.34. The van der Waals surface area contributed by atoms with E-state index < -0.39 is 0 Å². The summed E-state index contributed by atoms with van der Waals surface area (Å²) in [5, 5.41) is 14.5. The van der Waals surface area contributed by atoms with E-state index in [0.717, 1.165) is 22.7 Å². The van der Waals surface area contributed by atoms with E-state index in [2.05, 4.69) is 45.7 Å². The number of benzene rings is 2. The van der Waals surface area contributed by atoms with Gasteiger partial charge in [0.2, 0.25) is 12.7 Å². The molecule has 7 heteroatoms. The smallest absolute Gasteiger partial charge is 0.244 e. The molecule has 2 heterocycles. The zero-order valence-corrected chi connectivity index (χ0v) is 14.6. The van der Waals surface area contributed by atoms with Crippen LogP contribution >= 0.6 is 0 Å². The van der Waals surface area contributed by atoms with Crippen LogP contribution in [0.4, 0.5) is 17.5 Å². The van der Waals surface area contributed by atoms with Crippen LogP contribution in [-0.2, 0) is 6.54 Å². The van der Waals surface area contributed by atoms with Crippen LogP contribution in [0.25, 0.3) is 0 Å². The number of aromatic nitrogens is 3. The monoisotopic (exact) mass is 349 g/mol. The van der Waals surface area contributed by atoms with Crippen molar-refractivity contribution >= 4 is 17.5 Å². The molecule has 0 saturated heterocycles. The summed E-state index contributed by atoms with van der Waals surface area (Å²) in [6, 6.07) is 11.9. The van der Waals surface area contributed by atoms with Crippen LogP contribution in [0.3, 0.4) is 0 Å². The van der Waals surface area contributed by atoms with Gasteiger partial charge in [0.15, 0.2) is 17.3 Å². The first-order valence-electron chi connectivity index (χ1n) is 8.34. The third-order valence-electron chi connectivity index (χ3n) is 4.31. The van der Waals surface area contributed by atoms with Gasteiger partial charge in [0.25, 0.3) is 0 Å². The number of ether oxygens (including phenoxy) is 2. The highest BCUT2D eigenvalue weighted by Crippen LogP contribution is 2.32. The average Bonchev–Trinajstić information content (AvgIpc) is 3.12. The zero-order chi connectivity index (χ0) is 17.9. The summed E-state index contributed by atoms with van der Waals surface area (Å²) in [5.41, 5.74) is 4.46. The first kappa shape index (κ1) is 16.1. The molecule has 0 radical (unpaired) electrons. The van der Waals surface area contributed by atoms with E-state index in [1.54, 1.807) is 6.20 Å². The van der Waals surface area contributed by atoms with Gasteiger partial charge in [0.1, 0.15) is 0 Å². The van der Waals surface area contributed by atoms with Crippen molar-refractivity contribution in [2.75, 3.05) is 17.4 Å². The molecule has 3 aromatic rings. The second kappa shape index (κ2) is 6.87. The van der Waals surface area contributed by atoms with E-state index in [4.69, 9.17) is 9.47 Å². The molecule has 2 N–H and O–H groups in total. The van der Waals surface area contributed by atoms with Gasteiger partial charge in [0, 0.05) is 12.2 Å². The van der Waals surface area contributed by atoms with E-state index in [9.17, 15) is 0 Å². The van der Waals surface area contributed by atoms with Gasteiger partial charge in [-0.05, 0) is 48.7 Å². The Balaban J connectivity index is 1.45. The quantitative estimate of drug-likeness (QED) is 0.729.